The highest BCUT2D eigenvalue weighted by molar-refractivity contribution is 5.21. The highest BCUT2D eigenvalue weighted by Crippen LogP contribution is 2.20. The van der Waals surface area contributed by atoms with Crippen molar-refractivity contribution in [2.45, 2.75) is 39.7 Å². The third kappa shape index (κ3) is 2.78. The molecular formula is C11H15N5O3. The van der Waals surface area contributed by atoms with Gasteiger partial charge in [-0.25, -0.2) is 0 Å². The first kappa shape index (κ1) is 13.2. The predicted molar refractivity (Wildman–Crippen MR) is 65.7 cm³/mol. The predicted octanol–water partition coefficient (Wildman–Crippen LogP) is 1.83. The van der Waals surface area contributed by atoms with Crippen LogP contribution < -0.4 is 0 Å². The second kappa shape index (κ2) is 4.45. The maximum Gasteiger partial charge on any atom is 0.390 e. The molecule has 0 amide bonds. The molecule has 0 saturated carbocycles. The Bertz CT molecular complexity index is 608. The molecule has 8 nitrogen and oxygen atoms in total. The Kier molecular flexibility index (Phi) is 3.09. The third-order valence-electron chi connectivity index (χ3n) is 2.56. The van der Waals surface area contributed by atoms with Gasteiger partial charge in [0.1, 0.15) is 6.54 Å². The summed E-state index contributed by atoms with van der Waals surface area (Å²) in [7, 11) is 0. The Morgan fingerprint density at radius 3 is 2.63 bits per heavy atom. The molecule has 0 aliphatic rings. The number of hydrogen-bond acceptors (Lipinski definition) is 6. The maximum atomic E-state index is 10.6. The van der Waals surface area contributed by atoms with Gasteiger partial charge < -0.3 is 14.6 Å². The van der Waals surface area contributed by atoms with Crippen molar-refractivity contribution in [3.05, 3.63) is 33.6 Å². The van der Waals surface area contributed by atoms with E-state index in [-0.39, 0.29) is 17.8 Å². The van der Waals surface area contributed by atoms with Gasteiger partial charge in [0.05, 0.1) is 16.9 Å². The molecule has 0 unspecified atom stereocenters. The van der Waals surface area contributed by atoms with Crippen LogP contribution in [0.25, 0.3) is 0 Å². The van der Waals surface area contributed by atoms with E-state index in [1.165, 1.54) is 10.7 Å². The summed E-state index contributed by atoms with van der Waals surface area (Å²) in [6.07, 6.45) is 0. The summed E-state index contributed by atoms with van der Waals surface area (Å²) < 4.78 is 6.64. The molecule has 19 heavy (non-hydrogen) atoms. The monoisotopic (exact) mass is 265 g/mol. The van der Waals surface area contributed by atoms with E-state index < -0.39 is 4.92 Å². The number of nitro groups is 1. The lowest BCUT2D eigenvalue weighted by molar-refractivity contribution is -0.389. The molecule has 0 saturated heterocycles. The van der Waals surface area contributed by atoms with Crippen LogP contribution in [0.15, 0.2) is 10.6 Å². The van der Waals surface area contributed by atoms with Crippen molar-refractivity contribution in [3.63, 3.8) is 0 Å². The van der Waals surface area contributed by atoms with Gasteiger partial charge in [0.25, 0.3) is 0 Å². The number of aryl methyl sites for hydroxylation is 1. The molecule has 0 atom stereocenters. The normalized spacial score (nSPS) is 11.8. The highest BCUT2D eigenvalue weighted by Gasteiger charge is 2.23. The molecule has 2 rings (SSSR count). The minimum absolute atomic E-state index is 0.183. The summed E-state index contributed by atoms with van der Waals surface area (Å²) in [5, 5.41) is 18.4. The van der Waals surface area contributed by atoms with Crippen molar-refractivity contribution in [2.24, 2.45) is 0 Å². The van der Waals surface area contributed by atoms with Crippen molar-refractivity contribution in [2.75, 3.05) is 0 Å². The van der Waals surface area contributed by atoms with Crippen molar-refractivity contribution in [3.8, 4) is 0 Å². The molecule has 0 spiro atoms. The first-order valence-electron chi connectivity index (χ1n) is 5.79. The zero-order valence-corrected chi connectivity index (χ0v) is 11.2. The first-order chi connectivity index (χ1) is 8.77. The van der Waals surface area contributed by atoms with E-state index in [4.69, 9.17) is 4.52 Å². The highest BCUT2D eigenvalue weighted by atomic mass is 16.6. The van der Waals surface area contributed by atoms with Gasteiger partial charge in [-0.3, -0.25) is 0 Å². The molecule has 102 valence electrons. The van der Waals surface area contributed by atoms with Gasteiger partial charge in [-0.1, -0.05) is 25.9 Å². The quantitative estimate of drug-likeness (QED) is 0.620. The summed E-state index contributed by atoms with van der Waals surface area (Å²) in [6, 6.07) is 1.41. The molecule has 2 heterocycles. The van der Waals surface area contributed by atoms with Crippen LogP contribution in [-0.4, -0.2) is 24.8 Å². The van der Waals surface area contributed by atoms with Gasteiger partial charge in [0.15, 0.2) is 5.82 Å². The Hall–Kier alpha value is -2.25. The lowest BCUT2D eigenvalue weighted by Crippen LogP contribution is -2.12. The molecule has 0 aliphatic heterocycles. The maximum absolute atomic E-state index is 10.6. The number of rotatable bonds is 3. The molecule has 0 fully saturated rings. The average Bonchev–Trinajstić information content (AvgIpc) is 2.86. The van der Waals surface area contributed by atoms with E-state index in [0.29, 0.717) is 17.4 Å². The van der Waals surface area contributed by atoms with Gasteiger partial charge in [-0.15, -0.1) is 0 Å². The fourth-order valence-corrected chi connectivity index (χ4v) is 1.50. The molecule has 0 bridgehead atoms. The Balaban J connectivity index is 2.22. The Morgan fingerprint density at radius 2 is 2.16 bits per heavy atom. The first-order valence-corrected chi connectivity index (χ1v) is 5.79. The van der Waals surface area contributed by atoms with Crippen LogP contribution >= 0.6 is 0 Å². The van der Waals surface area contributed by atoms with E-state index in [0.717, 1.165) is 0 Å². The van der Waals surface area contributed by atoms with Gasteiger partial charge in [0.2, 0.25) is 5.89 Å². The SMILES string of the molecule is Cc1cc([N+](=O)[O-])nn1Cc1noc(C(C)(C)C)n1. The minimum atomic E-state index is -0.527. The van der Waals surface area contributed by atoms with Gasteiger partial charge >= 0.3 is 5.82 Å². The molecular weight excluding hydrogens is 250 g/mol. The molecule has 2 aromatic rings. The van der Waals surface area contributed by atoms with E-state index in [9.17, 15) is 10.1 Å². The van der Waals surface area contributed by atoms with Crippen molar-refractivity contribution in [1.82, 2.24) is 19.9 Å². The van der Waals surface area contributed by atoms with E-state index in [1.807, 2.05) is 20.8 Å². The van der Waals surface area contributed by atoms with E-state index in [1.54, 1.807) is 6.92 Å². The summed E-state index contributed by atoms with van der Waals surface area (Å²) >= 11 is 0. The van der Waals surface area contributed by atoms with Crippen LogP contribution in [0.5, 0.6) is 0 Å². The molecule has 2 aromatic heterocycles. The largest absolute Gasteiger partial charge is 0.390 e. The topological polar surface area (TPSA) is 99.9 Å². The Morgan fingerprint density at radius 1 is 1.47 bits per heavy atom. The van der Waals surface area contributed by atoms with E-state index >= 15 is 0 Å². The second-order valence-electron chi connectivity index (χ2n) is 5.32. The average molecular weight is 265 g/mol. The molecule has 0 radical (unpaired) electrons. The third-order valence-corrected chi connectivity index (χ3v) is 2.56. The molecule has 0 aliphatic carbocycles. The zero-order valence-electron chi connectivity index (χ0n) is 11.2. The summed E-state index contributed by atoms with van der Waals surface area (Å²) in [5.74, 6) is 0.796. The van der Waals surface area contributed by atoms with Gasteiger partial charge in [-0.05, 0) is 11.8 Å². The smallest absolute Gasteiger partial charge is 0.358 e. The van der Waals surface area contributed by atoms with E-state index in [2.05, 4.69) is 15.2 Å². The zero-order chi connectivity index (χ0) is 14.2. The minimum Gasteiger partial charge on any atom is -0.358 e. The summed E-state index contributed by atoms with van der Waals surface area (Å²) in [4.78, 5) is 14.4. The number of hydrogen-bond donors (Lipinski definition) is 0. The van der Waals surface area contributed by atoms with Gasteiger partial charge in [0, 0.05) is 5.41 Å². The number of aromatic nitrogens is 4. The molecule has 8 heteroatoms. The van der Waals surface area contributed by atoms with Crippen molar-refractivity contribution < 1.29 is 9.45 Å². The second-order valence-corrected chi connectivity index (χ2v) is 5.32. The fraction of sp³-hybridized carbons (Fsp3) is 0.545. The van der Waals surface area contributed by atoms with Crippen LogP contribution in [0.4, 0.5) is 5.82 Å². The number of nitrogens with zero attached hydrogens (tertiary/aromatic N) is 5. The van der Waals surface area contributed by atoms with Crippen LogP contribution in [-0.2, 0) is 12.0 Å². The van der Waals surface area contributed by atoms with Crippen LogP contribution in [0.1, 0.15) is 38.2 Å². The fourth-order valence-electron chi connectivity index (χ4n) is 1.50. The molecule has 0 N–H and O–H groups in total. The lowest BCUT2D eigenvalue weighted by atomic mass is 9.97. The van der Waals surface area contributed by atoms with Crippen LogP contribution in [0.2, 0.25) is 0 Å². The van der Waals surface area contributed by atoms with Crippen molar-refractivity contribution >= 4 is 5.82 Å². The summed E-state index contributed by atoms with van der Waals surface area (Å²) in [5.41, 5.74) is 0.449. The summed E-state index contributed by atoms with van der Waals surface area (Å²) in [6.45, 7) is 7.89. The van der Waals surface area contributed by atoms with Crippen LogP contribution in [0.3, 0.4) is 0 Å². The van der Waals surface area contributed by atoms with Crippen LogP contribution in [0, 0.1) is 17.0 Å². The Labute approximate surface area is 109 Å². The van der Waals surface area contributed by atoms with Gasteiger partial charge in [-0.2, -0.15) is 9.67 Å². The van der Waals surface area contributed by atoms with Crippen molar-refractivity contribution in [1.29, 1.82) is 0 Å². The standard InChI is InChI=1S/C11H15N5O3/c1-7-5-9(16(17)18)13-15(7)6-8-12-10(19-14-8)11(2,3)4/h5H,6H2,1-4H3. The lowest BCUT2D eigenvalue weighted by Gasteiger charge is -2.10. The molecule has 0 aromatic carbocycles.